The van der Waals surface area contributed by atoms with Gasteiger partial charge >= 0.3 is 5.97 Å². The Bertz CT molecular complexity index is 948. The van der Waals surface area contributed by atoms with Crippen LogP contribution in [0.3, 0.4) is 0 Å². The molecule has 0 N–H and O–H groups in total. The molecule has 2 aliphatic heterocycles. The van der Waals surface area contributed by atoms with Gasteiger partial charge in [0.25, 0.3) is 5.91 Å². The number of halogens is 3. The fourth-order valence-corrected chi connectivity index (χ4v) is 4.56. The van der Waals surface area contributed by atoms with Crippen LogP contribution in [0.25, 0.3) is 0 Å². The quantitative estimate of drug-likeness (QED) is 0.661. The molecule has 3 heterocycles. The number of alkyl halides is 1. The van der Waals surface area contributed by atoms with E-state index in [-0.39, 0.29) is 32.0 Å². The first-order chi connectivity index (χ1) is 12.9. The predicted molar refractivity (Wildman–Crippen MR) is 99.2 cm³/mol. The molecule has 0 aliphatic carbocycles. The Morgan fingerprint density at radius 1 is 1.52 bits per heavy atom. The first-order valence-electron chi connectivity index (χ1n) is 8.54. The molecule has 27 heavy (non-hydrogen) atoms. The van der Waals surface area contributed by atoms with Gasteiger partial charge in [-0.3, -0.25) is 4.79 Å². The van der Waals surface area contributed by atoms with Crippen molar-refractivity contribution in [3.05, 3.63) is 50.5 Å². The minimum absolute atomic E-state index is 0.159. The first kappa shape index (κ1) is 18.4. The second-order valence-corrected chi connectivity index (χ2v) is 7.85. The molecule has 4 rings (SSSR count). The standard InChI is InChI=1S/C18H16BrClFN3O3/c1-2-27-18(26)16(15-14-5-10(21)6-23(14)8-22-15)24-7-12-11(17(24)25)3-9(19)4-13(12)20/h3-4,8,10,16H,2,5-7H2,1H3/t10-,16?/m1/s1. The number of hydrogen-bond acceptors (Lipinski definition) is 4. The fourth-order valence-electron chi connectivity index (χ4n) is 3.69. The Kier molecular flexibility index (Phi) is 4.71. The molecule has 0 saturated heterocycles. The summed E-state index contributed by atoms with van der Waals surface area (Å²) in [6, 6.07) is 2.35. The number of amides is 1. The second-order valence-electron chi connectivity index (χ2n) is 6.53. The highest BCUT2D eigenvalue weighted by atomic mass is 79.9. The molecule has 2 aromatic rings. The van der Waals surface area contributed by atoms with Crippen molar-refractivity contribution in [1.82, 2.24) is 14.5 Å². The summed E-state index contributed by atoms with van der Waals surface area (Å²) >= 11 is 9.63. The average molecular weight is 457 g/mol. The average Bonchev–Trinajstić information content (AvgIpc) is 3.24. The number of aromatic nitrogens is 2. The highest BCUT2D eigenvalue weighted by molar-refractivity contribution is 9.10. The van der Waals surface area contributed by atoms with Gasteiger partial charge < -0.3 is 14.2 Å². The van der Waals surface area contributed by atoms with Gasteiger partial charge in [-0.15, -0.1) is 0 Å². The number of carbonyl (C=O) groups excluding carboxylic acids is 2. The number of fused-ring (bicyclic) bond motifs is 2. The maximum atomic E-state index is 13.8. The number of ether oxygens (including phenoxy) is 1. The Hall–Kier alpha value is -1.93. The van der Waals surface area contributed by atoms with E-state index in [4.69, 9.17) is 16.3 Å². The minimum atomic E-state index is -1.04. The predicted octanol–water partition coefficient (Wildman–Crippen LogP) is 3.45. The van der Waals surface area contributed by atoms with E-state index in [0.717, 1.165) is 0 Å². The van der Waals surface area contributed by atoms with Gasteiger partial charge in [-0.1, -0.05) is 27.5 Å². The van der Waals surface area contributed by atoms with E-state index in [9.17, 15) is 14.0 Å². The van der Waals surface area contributed by atoms with Gasteiger partial charge in [0, 0.05) is 39.3 Å². The molecule has 1 aromatic carbocycles. The highest BCUT2D eigenvalue weighted by Gasteiger charge is 2.43. The number of esters is 1. The van der Waals surface area contributed by atoms with Crippen LogP contribution in [0.5, 0.6) is 0 Å². The van der Waals surface area contributed by atoms with Gasteiger partial charge in [-0.05, 0) is 19.1 Å². The third kappa shape index (κ3) is 3.04. The van der Waals surface area contributed by atoms with Crippen LogP contribution in [0.1, 0.15) is 40.3 Å². The Balaban J connectivity index is 1.77. The number of hydrogen-bond donors (Lipinski definition) is 0. The highest BCUT2D eigenvalue weighted by Crippen LogP contribution is 2.38. The van der Waals surface area contributed by atoms with Crippen molar-refractivity contribution in [3.63, 3.8) is 0 Å². The number of rotatable bonds is 4. The number of nitrogens with zero attached hydrogens (tertiary/aromatic N) is 3. The summed E-state index contributed by atoms with van der Waals surface area (Å²) in [6.45, 7) is 2.22. The molecule has 9 heteroatoms. The minimum Gasteiger partial charge on any atom is -0.464 e. The monoisotopic (exact) mass is 455 g/mol. The summed E-state index contributed by atoms with van der Waals surface area (Å²) < 4.78 is 21.4. The summed E-state index contributed by atoms with van der Waals surface area (Å²) in [6.07, 6.45) is 0.641. The summed E-state index contributed by atoms with van der Waals surface area (Å²) in [7, 11) is 0. The summed E-state index contributed by atoms with van der Waals surface area (Å²) in [5, 5.41) is 0.441. The molecule has 0 fully saturated rings. The van der Waals surface area contributed by atoms with E-state index in [1.165, 1.54) is 11.2 Å². The van der Waals surface area contributed by atoms with Crippen molar-refractivity contribution in [1.29, 1.82) is 0 Å². The third-order valence-electron chi connectivity index (χ3n) is 4.85. The van der Waals surface area contributed by atoms with Crippen molar-refractivity contribution in [3.8, 4) is 0 Å². The van der Waals surface area contributed by atoms with Gasteiger partial charge in [0.1, 0.15) is 6.17 Å². The lowest BCUT2D eigenvalue weighted by molar-refractivity contribution is -0.149. The van der Waals surface area contributed by atoms with Crippen LogP contribution in [0, 0.1) is 0 Å². The Morgan fingerprint density at radius 3 is 3.04 bits per heavy atom. The van der Waals surface area contributed by atoms with Crippen LogP contribution in [-0.2, 0) is 29.0 Å². The van der Waals surface area contributed by atoms with Crippen molar-refractivity contribution in [2.75, 3.05) is 6.61 Å². The van der Waals surface area contributed by atoms with Gasteiger partial charge in [0.2, 0.25) is 0 Å². The summed E-state index contributed by atoms with van der Waals surface area (Å²) in [5.74, 6) is -0.916. The fraction of sp³-hybridized carbons (Fsp3) is 0.389. The SMILES string of the molecule is CCOC(=O)C(c1ncn2c1C[C@@H](F)C2)N1Cc2c(Cl)cc(Br)cc2C1=O. The first-order valence-corrected chi connectivity index (χ1v) is 9.71. The van der Waals surface area contributed by atoms with Gasteiger partial charge in [-0.25, -0.2) is 14.2 Å². The van der Waals surface area contributed by atoms with E-state index in [1.54, 1.807) is 23.6 Å². The molecular formula is C18H16BrClFN3O3. The largest absolute Gasteiger partial charge is 0.464 e. The summed E-state index contributed by atoms with van der Waals surface area (Å²) in [5.41, 5.74) is 2.07. The maximum Gasteiger partial charge on any atom is 0.335 e. The third-order valence-corrected chi connectivity index (χ3v) is 5.64. The van der Waals surface area contributed by atoms with Crippen LogP contribution >= 0.6 is 27.5 Å². The molecule has 0 spiro atoms. The van der Waals surface area contributed by atoms with Crippen molar-refractivity contribution < 1.29 is 18.7 Å². The van der Waals surface area contributed by atoms with E-state index in [1.807, 2.05) is 0 Å². The van der Waals surface area contributed by atoms with E-state index < -0.39 is 18.2 Å². The molecule has 1 unspecified atom stereocenters. The molecule has 0 saturated carbocycles. The van der Waals surface area contributed by atoms with E-state index in [0.29, 0.717) is 32.0 Å². The van der Waals surface area contributed by atoms with Crippen LogP contribution in [-0.4, -0.2) is 39.1 Å². The molecule has 142 valence electrons. The zero-order chi connectivity index (χ0) is 19.3. The summed E-state index contributed by atoms with van der Waals surface area (Å²) in [4.78, 5) is 31.5. The Labute approximate surface area is 168 Å². The number of imidazole rings is 1. The molecule has 2 aliphatic rings. The second kappa shape index (κ2) is 6.91. The Morgan fingerprint density at radius 2 is 2.30 bits per heavy atom. The van der Waals surface area contributed by atoms with Gasteiger partial charge in [-0.2, -0.15) is 0 Å². The molecule has 1 aromatic heterocycles. The lowest BCUT2D eigenvalue weighted by atomic mass is 10.1. The van der Waals surface area contributed by atoms with Gasteiger partial charge in [0.05, 0.1) is 25.2 Å². The van der Waals surface area contributed by atoms with Crippen molar-refractivity contribution in [2.45, 2.75) is 38.6 Å². The normalized spacial score (nSPS) is 19.2. The topological polar surface area (TPSA) is 64.4 Å². The molecule has 1 amide bonds. The van der Waals surface area contributed by atoms with Crippen LogP contribution in [0.4, 0.5) is 4.39 Å². The smallest absolute Gasteiger partial charge is 0.335 e. The molecule has 0 bridgehead atoms. The zero-order valence-corrected chi connectivity index (χ0v) is 16.8. The van der Waals surface area contributed by atoms with E-state index in [2.05, 4.69) is 20.9 Å². The van der Waals surface area contributed by atoms with Crippen molar-refractivity contribution >= 4 is 39.4 Å². The zero-order valence-electron chi connectivity index (χ0n) is 14.4. The number of benzene rings is 1. The lowest BCUT2D eigenvalue weighted by Crippen LogP contribution is -2.36. The maximum absolute atomic E-state index is 13.8. The molecule has 0 radical (unpaired) electrons. The van der Waals surface area contributed by atoms with Crippen LogP contribution in [0.15, 0.2) is 22.9 Å². The molecule has 2 atom stereocenters. The van der Waals surface area contributed by atoms with Crippen LogP contribution < -0.4 is 0 Å². The van der Waals surface area contributed by atoms with Crippen molar-refractivity contribution in [2.24, 2.45) is 0 Å². The lowest BCUT2D eigenvalue weighted by Gasteiger charge is -2.25. The van der Waals surface area contributed by atoms with Gasteiger partial charge in [0.15, 0.2) is 6.04 Å². The number of carbonyl (C=O) groups is 2. The molecular weight excluding hydrogens is 441 g/mol. The molecule has 6 nitrogen and oxygen atoms in total. The van der Waals surface area contributed by atoms with E-state index >= 15 is 0 Å². The van der Waals surface area contributed by atoms with Crippen LogP contribution in [0.2, 0.25) is 5.02 Å².